The summed E-state index contributed by atoms with van der Waals surface area (Å²) < 4.78 is 12.8. The van der Waals surface area contributed by atoms with Gasteiger partial charge in [-0.1, -0.05) is 0 Å². The Bertz CT molecular complexity index is 727. The number of nitrogens with one attached hydrogen (secondary N) is 1. The van der Waals surface area contributed by atoms with Crippen molar-refractivity contribution in [3.63, 3.8) is 0 Å². The number of imidazole rings is 1. The Labute approximate surface area is 111 Å². The Morgan fingerprint density at radius 2 is 2.40 bits per heavy atom. The van der Waals surface area contributed by atoms with Crippen molar-refractivity contribution in [3.8, 4) is 0 Å². The number of hydrogen-bond acceptors (Lipinski definition) is 7. The number of fused-ring (bicyclic) bond motifs is 3. The lowest BCUT2D eigenvalue weighted by molar-refractivity contribution is -0.185. The van der Waals surface area contributed by atoms with E-state index in [4.69, 9.17) is 9.47 Å². The van der Waals surface area contributed by atoms with Gasteiger partial charge in [-0.2, -0.15) is 0 Å². The van der Waals surface area contributed by atoms with E-state index in [0.29, 0.717) is 5.65 Å². The van der Waals surface area contributed by atoms with Gasteiger partial charge in [-0.25, -0.2) is 9.97 Å². The Hall–Kier alpha value is -1.81. The second-order valence-electron chi connectivity index (χ2n) is 5.01. The summed E-state index contributed by atoms with van der Waals surface area (Å²) in [7, 11) is 0. The fraction of sp³-hybridized carbons (Fsp3) is 0.545. The van der Waals surface area contributed by atoms with Crippen molar-refractivity contribution in [2.45, 2.75) is 24.0 Å². The quantitative estimate of drug-likeness (QED) is 0.589. The first-order chi connectivity index (χ1) is 9.66. The molecule has 0 saturated carbocycles. The third kappa shape index (κ3) is 1.32. The van der Waals surface area contributed by atoms with Gasteiger partial charge in [0.05, 0.1) is 25.9 Å². The van der Waals surface area contributed by atoms with Crippen LogP contribution >= 0.6 is 0 Å². The number of rotatable bonds is 2. The zero-order chi connectivity index (χ0) is 13.9. The molecule has 3 N–H and O–H groups in total. The van der Waals surface area contributed by atoms with Crippen molar-refractivity contribution < 1.29 is 19.7 Å². The highest BCUT2D eigenvalue weighted by Gasteiger charge is 2.61. The summed E-state index contributed by atoms with van der Waals surface area (Å²) in [6.07, 6.45) is 0.456. The molecule has 2 saturated heterocycles. The highest BCUT2D eigenvalue weighted by Crippen LogP contribution is 2.45. The van der Waals surface area contributed by atoms with Crippen LogP contribution in [0, 0.1) is 0 Å². The molecule has 9 nitrogen and oxygen atoms in total. The first-order valence-corrected chi connectivity index (χ1v) is 6.15. The molecule has 0 spiro atoms. The molecule has 4 atom stereocenters. The SMILES string of the molecule is O=c1[nH]cnc2c1ncn2[C@@H]1O[C@@]2(CO)CO[C@@H]1[C@@H]2O. The molecule has 0 radical (unpaired) electrons. The normalized spacial score (nSPS) is 36.0. The van der Waals surface area contributed by atoms with Crippen molar-refractivity contribution in [2.24, 2.45) is 0 Å². The van der Waals surface area contributed by atoms with Gasteiger partial charge in [0.25, 0.3) is 5.56 Å². The zero-order valence-corrected chi connectivity index (χ0v) is 10.3. The van der Waals surface area contributed by atoms with Crippen LogP contribution in [0.1, 0.15) is 6.23 Å². The molecule has 2 aliphatic rings. The fourth-order valence-electron chi connectivity index (χ4n) is 2.80. The van der Waals surface area contributed by atoms with Crippen LogP contribution in [0.3, 0.4) is 0 Å². The van der Waals surface area contributed by atoms with Gasteiger partial charge in [0.1, 0.15) is 17.8 Å². The number of hydrogen-bond donors (Lipinski definition) is 3. The molecule has 4 heterocycles. The topological polar surface area (TPSA) is 122 Å². The van der Waals surface area contributed by atoms with Gasteiger partial charge in [0.2, 0.25) is 0 Å². The molecule has 0 aliphatic carbocycles. The fourth-order valence-corrected chi connectivity index (χ4v) is 2.80. The molecule has 4 rings (SSSR count). The molecular formula is C11H12N4O5. The van der Waals surface area contributed by atoms with E-state index in [1.807, 2.05) is 0 Å². The molecule has 2 aromatic rings. The molecule has 0 unspecified atom stereocenters. The third-order valence-electron chi connectivity index (χ3n) is 3.91. The Morgan fingerprint density at radius 3 is 3.15 bits per heavy atom. The molecule has 20 heavy (non-hydrogen) atoms. The van der Waals surface area contributed by atoms with E-state index in [1.54, 1.807) is 0 Å². The molecule has 0 aromatic carbocycles. The van der Waals surface area contributed by atoms with Gasteiger partial charge < -0.3 is 24.7 Å². The maximum atomic E-state index is 11.6. The lowest BCUT2D eigenvalue weighted by atomic mass is 10.0. The minimum Gasteiger partial charge on any atom is -0.393 e. The van der Waals surface area contributed by atoms with Crippen LogP contribution in [-0.4, -0.2) is 60.8 Å². The molecule has 2 fully saturated rings. The number of aromatic nitrogens is 4. The Kier molecular flexibility index (Phi) is 2.31. The second kappa shape index (κ2) is 3.85. The van der Waals surface area contributed by atoms with Crippen LogP contribution in [-0.2, 0) is 9.47 Å². The van der Waals surface area contributed by atoms with Crippen LogP contribution in [0.2, 0.25) is 0 Å². The Balaban J connectivity index is 1.82. The summed E-state index contributed by atoms with van der Waals surface area (Å²) in [5, 5.41) is 19.6. The van der Waals surface area contributed by atoms with Crippen molar-refractivity contribution in [3.05, 3.63) is 23.0 Å². The predicted molar refractivity (Wildman–Crippen MR) is 63.8 cm³/mol. The van der Waals surface area contributed by atoms with Crippen LogP contribution in [0.5, 0.6) is 0 Å². The number of ether oxygens (including phenoxy) is 2. The van der Waals surface area contributed by atoms with E-state index in [-0.39, 0.29) is 24.3 Å². The summed E-state index contributed by atoms with van der Waals surface area (Å²) in [6, 6.07) is 0. The van der Waals surface area contributed by atoms with E-state index in [1.165, 1.54) is 17.2 Å². The Morgan fingerprint density at radius 1 is 1.55 bits per heavy atom. The average molecular weight is 280 g/mol. The minimum atomic E-state index is -1.12. The number of aliphatic hydroxyl groups is 2. The van der Waals surface area contributed by atoms with E-state index in [2.05, 4.69) is 15.0 Å². The van der Waals surface area contributed by atoms with Gasteiger partial charge in [-0.05, 0) is 0 Å². The molecular weight excluding hydrogens is 268 g/mol. The summed E-state index contributed by atoms with van der Waals surface area (Å²) in [6.45, 7) is -0.214. The van der Waals surface area contributed by atoms with Gasteiger partial charge in [-0.3, -0.25) is 9.36 Å². The van der Waals surface area contributed by atoms with Crippen LogP contribution in [0.15, 0.2) is 17.4 Å². The van der Waals surface area contributed by atoms with Crippen molar-refractivity contribution in [1.29, 1.82) is 0 Å². The van der Waals surface area contributed by atoms with E-state index >= 15 is 0 Å². The average Bonchev–Trinajstić information content (AvgIpc) is 3.10. The standard InChI is InChI=1S/C11H12N4O5/c16-1-11-2-19-6(7(11)17)10(20-11)15-4-14-5-8(15)12-3-13-9(5)18/h3-4,6-7,10,16-17H,1-2H2,(H,12,13,18)/t6-,7+,10-,11+/m1/s1. The molecule has 2 aromatic heterocycles. The number of aliphatic hydroxyl groups excluding tert-OH is 2. The van der Waals surface area contributed by atoms with Gasteiger partial charge in [0, 0.05) is 0 Å². The summed E-state index contributed by atoms with van der Waals surface area (Å²) in [4.78, 5) is 22.1. The van der Waals surface area contributed by atoms with Crippen LogP contribution in [0.4, 0.5) is 0 Å². The third-order valence-corrected chi connectivity index (χ3v) is 3.91. The van der Waals surface area contributed by atoms with Gasteiger partial charge >= 0.3 is 0 Å². The highest BCUT2D eigenvalue weighted by atomic mass is 16.7. The number of H-pyrrole nitrogens is 1. The van der Waals surface area contributed by atoms with Crippen molar-refractivity contribution in [2.75, 3.05) is 13.2 Å². The molecule has 2 aliphatic heterocycles. The smallest absolute Gasteiger partial charge is 0.278 e. The number of aromatic amines is 1. The maximum Gasteiger partial charge on any atom is 0.278 e. The second-order valence-corrected chi connectivity index (χ2v) is 5.01. The van der Waals surface area contributed by atoms with Gasteiger partial charge in [-0.15, -0.1) is 0 Å². The van der Waals surface area contributed by atoms with Crippen LogP contribution in [0.25, 0.3) is 11.2 Å². The molecule has 9 heteroatoms. The van der Waals surface area contributed by atoms with Crippen molar-refractivity contribution >= 4 is 11.2 Å². The van der Waals surface area contributed by atoms with E-state index < -0.39 is 24.0 Å². The lowest BCUT2D eigenvalue weighted by Crippen LogP contribution is -2.44. The highest BCUT2D eigenvalue weighted by molar-refractivity contribution is 5.68. The van der Waals surface area contributed by atoms with E-state index in [0.717, 1.165) is 0 Å². The largest absolute Gasteiger partial charge is 0.393 e. The first kappa shape index (κ1) is 12.0. The van der Waals surface area contributed by atoms with E-state index in [9.17, 15) is 15.0 Å². The van der Waals surface area contributed by atoms with Crippen LogP contribution < -0.4 is 5.56 Å². The van der Waals surface area contributed by atoms with Crippen molar-refractivity contribution in [1.82, 2.24) is 19.5 Å². The minimum absolute atomic E-state index is 0.131. The molecule has 106 valence electrons. The first-order valence-electron chi connectivity index (χ1n) is 6.15. The lowest BCUT2D eigenvalue weighted by Gasteiger charge is -2.29. The molecule has 2 bridgehead atoms. The summed E-state index contributed by atoms with van der Waals surface area (Å²) >= 11 is 0. The molecule has 0 amide bonds. The monoisotopic (exact) mass is 280 g/mol. The maximum absolute atomic E-state index is 11.6. The zero-order valence-electron chi connectivity index (χ0n) is 10.3. The number of nitrogens with zero attached hydrogens (tertiary/aromatic N) is 3. The summed E-state index contributed by atoms with van der Waals surface area (Å²) in [5.41, 5.74) is -0.940. The van der Waals surface area contributed by atoms with Gasteiger partial charge in [0.15, 0.2) is 17.4 Å². The predicted octanol–water partition coefficient (Wildman–Crippen LogP) is -1.86. The summed E-state index contributed by atoms with van der Waals surface area (Å²) in [5.74, 6) is 0.